The van der Waals surface area contributed by atoms with Gasteiger partial charge in [0, 0.05) is 30.9 Å². The quantitative estimate of drug-likeness (QED) is 0.724. The Kier molecular flexibility index (Phi) is 4.55. The van der Waals surface area contributed by atoms with E-state index in [1.165, 1.54) is 0 Å². The number of aromatic nitrogens is 2. The predicted octanol–water partition coefficient (Wildman–Crippen LogP) is 3.92. The van der Waals surface area contributed by atoms with Gasteiger partial charge in [-0.1, -0.05) is 49.2 Å². The number of carbonyl (C=O) groups excluding carboxylic acids is 1. The van der Waals surface area contributed by atoms with Crippen LogP contribution in [0.2, 0.25) is 0 Å². The smallest absolute Gasteiger partial charge is 0.256 e. The highest BCUT2D eigenvalue weighted by Crippen LogP contribution is 2.47. The first-order valence-electron chi connectivity index (χ1n) is 10.5. The van der Waals surface area contributed by atoms with E-state index in [1.54, 1.807) is 12.4 Å². The lowest BCUT2D eigenvalue weighted by Crippen LogP contribution is -2.59. The number of likely N-dealkylation sites (tertiary alicyclic amines) is 1. The summed E-state index contributed by atoms with van der Waals surface area (Å²) in [6, 6.07) is 15.6. The van der Waals surface area contributed by atoms with Gasteiger partial charge in [0.2, 0.25) is 0 Å². The van der Waals surface area contributed by atoms with Crippen molar-refractivity contribution in [3.63, 3.8) is 0 Å². The van der Waals surface area contributed by atoms with Crippen molar-refractivity contribution in [1.82, 2.24) is 14.9 Å². The van der Waals surface area contributed by atoms with Crippen LogP contribution in [0.5, 0.6) is 0 Å². The molecule has 2 fully saturated rings. The molecule has 0 bridgehead atoms. The molecule has 29 heavy (non-hydrogen) atoms. The number of hydrogen-bond acceptors (Lipinski definition) is 4. The Bertz CT molecular complexity index is 1030. The lowest BCUT2D eigenvalue weighted by Gasteiger charge is -2.52. The van der Waals surface area contributed by atoms with Crippen LogP contribution >= 0.6 is 0 Å². The molecule has 5 rings (SSSR count). The number of piperidine rings is 1. The SMILES string of the molecule is O=C(c1cccc2nccnc12)N1CC[C@@](O)(c2ccccc2)[C@@H]2CCCC[C@H]21. The number of carbonyl (C=O) groups is 1. The summed E-state index contributed by atoms with van der Waals surface area (Å²) in [6.45, 7) is 0.544. The number of hydrogen-bond donors (Lipinski definition) is 1. The Balaban J connectivity index is 1.52. The summed E-state index contributed by atoms with van der Waals surface area (Å²) in [5, 5.41) is 11.7. The average molecular weight is 387 g/mol. The van der Waals surface area contributed by atoms with Gasteiger partial charge in [-0.25, -0.2) is 0 Å². The lowest BCUT2D eigenvalue weighted by atomic mass is 9.66. The van der Waals surface area contributed by atoms with Gasteiger partial charge in [-0.15, -0.1) is 0 Å². The zero-order valence-corrected chi connectivity index (χ0v) is 16.4. The van der Waals surface area contributed by atoms with Gasteiger partial charge in [-0.3, -0.25) is 14.8 Å². The first-order chi connectivity index (χ1) is 14.2. The van der Waals surface area contributed by atoms with E-state index in [0.29, 0.717) is 24.0 Å². The molecule has 1 N–H and O–H groups in total. The molecular formula is C24H25N3O2. The lowest BCUT2D eigenvalue weighted by molar-refractivity contribution is -0.110. The number of rotatable bonds is 2. The Morgan fingerprint density at radius 1 is 1.00 bits per heavy atom. The fraction of sp³-hybridized carbons (Fsp3) is 0.375. The second kappa shape index (κ2) is 7.23. The second-order valence-electron chi connectivity index (χ2n) is 8.23. The molecule has 3 aromatic rings. The van der Waals surface area contributed by atoms with Gasteiger partial charge in [0.1, 0.15) is 5.52 Å². The monoisotopic (exact) mass is 387 g/mol. The van der Waals surface area contributed by atoms with Gasteiger partial charge >= 0.3 is 0 Å². The van der Waals surface area contributed by atoms with Crippen molar-refractivity contribution < 1.29 is 9.90 Å². The maximum Gasteiger partial charge on any atom is 0.256 e. The molecule has 2 heterocycles. The van der Waals surface area contributed by atoms with Crippen molar-refractivity contribution in [3.8, 4) is 0 Å². The van der Waals surface area contributed by atoms with Crippen molar-refractivity contribution in [1.29, 1.82) is 0 Å². The number of nitrogens with zero attached hydrogens (tertiary/aromatic N) is 3. The van der Waals surface area contributed by atoms with Gasteiger partial charge in [-0.05, 0) is 37.0 Å². The molecule has 0 spiro atoms. The van der Waals surface area contributed by atoms with E-state index in [4.69, 9.17) is 0 Å². The molecule has 148 valence electrons. The molecule has 1 amide bonds. The van der Waals surface area contributed by atoms with Crippen molar-refractivity contribution in [2.75, 3.05) is 6.54 Å². The van der Waals surface area contributed by atoms with Gasteiger partial charge in [0.15, 0.2) is 0 Å². The molecule has 2 aliphatic rings. The second-order valence-corrected chi connectivity index (χ2v) is 8.23. The minimum atomic E-state index is -0.873. The molecule has 2 aromatic carbocycles. The minimum Gasteiger partial charge on any atom is -0.385 e. The van der Waals surface area contributed by atoms with Crippen LogP contribution in [0.1, 0.15) is 48.0 Å². The first-order valence-corrected chi connectivity index (χ1v) is 10.5. The highest BCUT2D eigenvalue weighted by atomic mass is 16.3. The third kappa shape index (κ3) is 3.01. The first kappa shape index (κ1) is 18.3. The van der Waals surface area contributed by atoms with Crippen LogP contribution in [0.3, 0.4) is 0 Å². The van der Waals surface area contributed by atoms with Crippen LogP contribution in [0, 0.1) is 5.92 Å². The highest BCUT2D eigenvalue weighted by molar-refractivity contribution is 6.04. The van der Waals surface area contributed by atoms with Crippen molar-refractivity contribution in [2.45, 2.75) is 43.7 Å². The summed E-state index contributed by atoms with van der Waals surface area (Å²) >= 11 is 0. The molecule has 1 saturated heterocycles. The fourth-order valence-electron chi connectivity index (χ4n) is 5.34. The van der Waals surface area contributed by atoms with Gasteiger partial charge in [0.05, 0.1) is 16.7 Å². The van der Waals surface area contributed by atoms with Gasteiger partial charge in [-0.2, -0.15) is 0 Å². The molecule has 1 saturated carbocycles. The number of fused-ring (bicyclic) bond motifs is 2. The molecule has 1 aliphatic carbocycles. The van der Waals surface area contributed by atoms with E-state index in [1.807, 2.05) is 53.4 Å². The normalized spacial score (nSPS) is 26.9. The number of para-hydroxylation sites is 1. The van der Waals surface area contributed by atoms with Crippen LogP contribution in [0.25, 0.3) is 11.0 Å². The summed E-state index contributed by atoms with van der Waals surface area (Å²) < 4.78 is 0. The van der Waals surface area contributed by atoms with Crippen molar-refractivity contribution >= 4 is 16.9 Å². The molecule has 0 radical (unpaired) electrons. The van der Waals surface area contributed by atoms with Crippen LogP contribution in [0.4, 0.5) is 0 Å². The molecule has 3 atom stereocenters. The average Bonchev–Trinajstić information content (AvgIpc) is 2.79. The standard InChI is InChI=1S/C24H25N3O2/c28-23(18-9-6-11-20-22(18)26-15-14-25-20)27-16-13-24(29,17-7-2-1-3-8-17)19-10-4-5-12-21(19)27/h1-3,6-9,11,14-15,19,21,29H,4-5,10,12-13,16H2/t19-,21-,24-/m1/s1. The van der Waals surface area contributed by atoms with Crippen LogP contribution in [0.15, 0.2) is 60.9 Å². The summed E-state index contributed by atoms with van der Waals surface area (Å²) in [5.74, 6) is 0.0560. The van der Waals surface area contributed by atoms with E-state index in [0.717, 1.165) is 36.8 Å². The molecular weight excluding hydrogens is 362 g/mol. The predicted molar refractivity (Wildman–Crippen MR) is 111 cm³/mol. The molecule has 5 heteroatoms. The molecule has 5 nitrogen and oxygen atoms in total. The summed E-state index contributed by atoms with van der Waals surface area (Å²) in [6.07, 6.45) is 7.89. The van der Waals surface area contributed by atoms with Crippen molar-refractivity contribution in [2.24, 2.45) is 5.92 Å². The fourth-order valence-corrected chi connectivity index (χ4v) is 5.34. The molecule has 1 aromatic heterocycles. The summed E-state index contributed by atoms with van der Waals surface area (Å²) in [7, 11) is 0. The van der Waals surface area contributed by atoms with Crippen LogP contribution in [-0.4, -0.2) is 38.5 Å². The zero-order chi connectivity index (χ0) is 19.8. The Morgan fingerprint density at radius 2 is 1.79 bits per heavy atom. The van der Waals surface area contributed by atoms with Crippen molar-refractivity contribution in [3.05, 3.63) is 72.1 Å². The van der Waals surface area contributed by atoms with E-state index >= 15 is 0 Å². The van der Waals surface area contributed by atoms with Crippen LogP contribution in [-0.2, 0) is 5.60 Å². The molecule has 1 aliphatic heterocycles. The highest BCUT2D eigenvalue weighted by Gasteiger charge is 2.50. The van der Waals surface area contributed by atoms with E-state index in [9.17, 15) is 9.90 Å². The van der Waals surface area contributed by atoms with E-state index in [-0.39, 0.29) is 17.9 Å². The topological polar surface area (TPSA) is 66.3 Å². The number of aliphatic hydroxyl groups is 1. The Hall–Kier alpha value is -2.79. The van der Waals surface area contributed by atoms with E-state index < -0.39 is 5.60 Å². The van der Waals surface area contributed by atoms with Gasteiger partial charge in [0.25, 0.3) is 5.91 Å². The largest absolute Gasteiger partial charge is 0.385 e. The van der Waals surface area contributed by atoms with Gasteiger partial charge < -0.3 is 10.0 Å². The number of amides is 1. The summed E-state index contributed by atoms with van der Waals surface area (Å²) in [4.78, 5) is 24.3. The molecule has 0 unspecified atom stereocenters. The number of benzene rings is 2. The Labute approximate surface area is 170 Å². The maximum absolute atomic E-state index is 13.6. The minimum absolute atomic E-state index is 0.00288. The zero-order valence-electron chi connectivity index (χ0n) is 16.4. The Morgan fingerprint density at radius 3 is 2.66 bits per heavy atom. The maximum atomic E-state index is 13.6. The third-order valence-electron chi connectivity index (χ3n) is 6.74. The van der Waals surface area contributed by atoms with E-state index in [2.05, 4.69) is 9.97 Å². The summed E-state index contributed by atoms with van der Waals surface area (Å²) in [5.41, 5.74) is 2.08. The third-order valence-corrected chi connectivity index (χ3v) is 6.74. The van der Waals surface area contributed by atoms with Crippen LogP contribution < -0.4 is 0 Å².